The molecule has 0 spiro atoms. The van der Waals surface area contributed by atoms with Crippen molar-refractivity contribution in [3.8, 4) is 5.75 Å². The van der Waals surface area contributed by atoms with E-state index >= 15 is 0 Å². The molecule has 0 unspecified atom stereocenters. The zero-order valence-corrected chi connectivity index (χ0v) is 16.5. The third-order valence-electron chi connectivity index (χ3n) is 4.20. The Morgan fingerprint density at radius 1 is 0.966 bits per heavy atom. The van der Waals surface area contributed by atoms with Gasteiger partial charge in [-0.1, -0.05) is 0 Å². The van der Waals surface area contributed by atoms with Gasteiger partial charge in [-0.05, 0) is 44.0 Å². The second-order valence-corrected chi connectivity index (χ2v) is 6.75. The van der Waals surface area contributed by atoms with E-state index in [0.717, 1.165) is 0 Å². The fourth-order valence-electron chi connectivity index (χ4n) is 2.08. The predicted molar refractivity (Wildman–Crippen MR) is 93.3 cm³/mol. The van der Waals surface area contributed by atoms with Gasteiger partial charge in [0, 0.05) is 20.5 Å². The molecule has 11 heteroatoms. The normalized spacial score (nSPS) is 13.8. The standard InChI is InChI=1S/C18H22F8N2O/c1-6-28(5)10-27-13-7-12(3)14(8-11(13)2)29-9-16(21,22)18(25,26)17(23,24)15(4,19)20/h7-8,10H,6,9H2,1-5H3/b27-10+. The number of hydrogen-bond donors (Lipinski definition) is 0. The Labute approximate surface area is 163 Å². The van der Waals surface area contributed by atoms with E-state index in [1.807, 2.05) is 6.92 Å². The van der Waals surface area contributed by atoms with Crippen LogP contribution in [0.4, 0.5) is 40.8 Å². The third kappa shape index (κ3) is 5.11. The summed E-state index contributed by atoms with van der Waals surface area (Å²) >= 11 is 0. The second-order valence-electron chi connectivity index (χ2n) is 6.75. The summed E-state index contributed by atoms with van der Waals surface area (Å²) in [7, 11) is 1.76. The summed E-state index contributed by atoms with van der Waals surface area (Å²) in [5, 5.41) is 0. The first kappa shape index (κ1) is 25.0. The van der Waals surface area contributed by atoms with Crippen LogP contribution in [0.2, 0.25) is 0 Å². The molecule has 0 saturated carbocycles. The van der Waals surface area contributed by atoms with Gasteiger partial charge >= 0.3 is 23.7 Å². The van der Waals surface area contributed by atoms with Gasteiger partial charge in [-0.3, -0.25) is 0 Å². The lowest BCUT2D eigenvalue weighted by atomic mass is 10.00. The number of halogens is 8. The minimum absolute atomic E-state index is 0.216. The molecule has 0 heterocycles. The average Bonchev–Trinajstić information content (AvgIpc) is 2.59. The molecule has 0 aromatic heterocycles. The van der Waals surface area contributed by atoms with Gasteiger partial charge in [0.25, 0.3) is 0 Å². The van der Waals surface area contributed by atoms with E-state index in [4.69, 9.17) is 0 Å². The number of hydrogen-bond acceptors (Lipinski definition) is 2. The van der Waals surface area contributed by atoms with Crippen LogP contribution in [0.3, 0.4) is 0 Å². The lowest BCUT2D eigenvalue weighted by Crippen LogP contribution is -2.62. The first-order valence-electron chi connectivity index (χ1n) is 8.47. The molecule has 0 aliphatic rings. The van der Waals surface area contributed by atoms with Crippen LogP contribution in [0.5, 0.6) is 5.75 Å². The van der Waals surface area contributed by atoms with Crippen LogP contribution in [0.25, 0.3) is 0 Å². The smallest absolute Gasteiger partial charge is 0.381 e. The Morgan fingerprint density at radius 3 is 2.00 bits per heavy atom. The maximum atomic E-state index is 13.8. The lowest BCUT2D eigenvalue weighted by molar-refractivity contribution is -0.365. The topological polar surface area (TPSA) is 24.8 Å². The van der Waals surface area contributed by atoms with Crippen LogP contribution >= 0.6 is 0 Å². The Morgan fingerprint density at radius 2 is 1.52 bits per heavy atom. The summed E-state index contributed by atoms with van der Waals surface area (Å²) < 4.78 is 111. The first-order chi connectivity index (χ1) is 13.0. The van der Waals surface area contributed by atoms with Crippen LogP contribution in [-0.2, 0) is 0 Å². The van der Waals surface area contributed by atoms with Crippen LogP contribution in [0.15, 0.2) is 17.1 Å². The van der Waals surface area contributed by atoms with Gasteiger partial charge in [0.05, 0.1) is 12.0 Å². The van der Waals surface area contributed by atoms with E-state index < -0.39 is 37.2 Å². The molecule has 0 radical (unpaired) electrons. The van der Waals surface area contributed by atoms with E-state index in [9.17, 15) is 35.1 Å². The molecular weight excluding hydrogens is 412 g/mol. The molecule has 1 aromatic carbocycles. The number of rotatable bonds is 9. The number of ether oxygens (including phenoxy) is 1. The van der Waals surface area contributed by atoms with E-state index in [0.29, 0.717) is 17.8 Å². The van der Waals surface area contributed by atoms with Gasteiger partial charge in [-0.15, -0.1) is 0 Å². The fourth-order valence-corrected chi connectivity index (χ4v) is 2.08. The van der Waals surface area contributed by atoms with Crippen LogP contribution in [0, 0.1) is 13.8 Å². The maximum absolute atomic E-state index is 13.8. The largest absolute Gasteiger partial charge is 0.487 e. The molecule has 0 saturated heterocycles. The molecule has 166 valence electrons. The summed E-state index contributed by atoms with van der Waals surface area (Å²) in [6.45, 7) is 2.74. The highest BCUT2D eigenvalue weighted by Crippen LogP contribution is 2.52. The molecule has 0 N–H and O–H groups in total. The summed E-state index contributed by atoms with van der Waals surface area (Å²) in [5.74, 6) is -23.8. The van der Waals surface area contributed by atoms with Gasteiger partial charge in [-0.25, -0.2) is 4.99 Å². The molecule has 0 aliphatic carbocycles. The predicted octanol–water partition coefficient (Wildman–Crippen LogP) is 5.85. The number of alkyl halides is 8. The van der Waals surface area contributed by atoms with Crippen molar-refractivity contribution in [1.29, 1.82) is 0 Å². The molecule has 1 rings (SSSR count). The highest BCUT2D eigenvalue weighted by Gasteiger charge is 2.79. The van der Waals surface area contributed by atoms with E-state index in [-0.39, 0.29) is 11.3 Å². The summed E-state index contributed by atoms with van der Waals surface area (Å²) in [5.41, 5.74) is 1.10. The second kappa shape index (κ2) is 8.35. The van der Waals surface area contributed by atoms with E-state index in [1.54, 1.807) is 18.9 Å². The monoisotopic (exact) mass is 434 g/mol. The van der Waals surface area contributed by atoms with Crippen LogP contribution in [-0.4, -0.2) is 55.1 Å². The lowest BCUT2D eigenvalue weighted by Gasteiger charge is -2.35. The number of benzene rings is 1. The number of aryl methyl sites for hydroxylation is 2. The van der Waals surface area contributed by atoms with Crippen molar-refractivity contribution >= 4 is 12.0 Å². The molecule has 0 aliphatic heterocycles. The molecule has 0 amide bonds. The molecule has 3 nitrogen and oxygen atoms in total. The van der Waals surface area contributed by atoms with Crippen molar-refractivity contribution in [2.45, 2.75) is 51.4 Å². The van der Waals surface area contributed by atoms with Crippen molar-refractivity contribution in [3.63, 3.8) is 0 Å². The van der Waals surface area contributed by atoms with Crippen LogP contribution in [0.1, 0.15) is 25.0 Å². The third-order valence-corrected chi connectivity index (χ3v) is 4.20. The molecule has 1 aromatic rings. The Bertz CT molecular complexity index is 744. The number of nitrogens with zero attached hydrogens (tertiary/aromatic N) is 2. The van der Waals surface area contributed by atoms with Crippen LogP contribution < -0.4 is 4.74 Å². The molecular formula is C18H22F8N2O. The van der Waals surface area contributed by atoms with Gasteiger partial charge in [0.2, 0.25) is 0 Å². The minimum Gasteiger partial charge on any atom is -0.487 e. The summed E-state index contributed by atoms with van der Waals surface area (Å²) in [6.07, 6.45) is 1.52. The summed E-state index contributed by atoms with van der Waals surface area (Å²) in [4.78, 5) is 5.94. The quantitative estimate of drug-likeness (QED) is 0.277. The Hall–Kier alpha value is -2.07. The van der Waals surface area contributed by atoms with Crippen molar-refractivity contribution in [2.75, 3.05) is 20.2 Å². The molecule has 0 atom stereocenters. The fraction of sp³-hybridized carbons (Fsp3) is 0.611. The average molecular weight is 434 g/mol. The first-order valence-corrected chi connectivity index (χ1v) is 8.47. The van der Waals surface area contributed by atoms with Crippen molar-refractivity contribution in [3.05, 3.63) is 23.3 Å². The van der Waals surface area contributed by atoms with E-state index in [2.05, 4.69) is 9.73 Å². The molecule has 0 bridgehead atoms. The molecule has 0 fully saturated rings. The van der Waals surface area contributed by atoms with Gasteiger partial charge < -0.3 is 9.64 Å². The minimum atomic E-state index is -6.34. The highest BCUT2D eigenvalue weighted by atomic mass is 19.4. The van der Waals surface area contributed by atoms with Gasteiger partial charge in [-0.2, -0.15) is 35.1 Å². The zero-order chi connectivity index (χ0) is 22.8. The number of aliphatic imine (C=N–C) groups is 1. The Kier molecular flexibility index (Phi) is 7.19. The maximum Gasteiger partial charge on any atom is 0.381 e. The zero-order valence-electron chi connectivity index (χ0n) is 16.5. The highest BCUT2D eigenvalue weighted by molar-refractivity contribution is 5.64. The van der Waals surface area contributed by atoms with Gasteiger partial charge in [0.15, 0.2) is 6.61 Å². The molecule has 29 heavy (non-hydrogen) atoms. The van der Waals surface area contributed by atoms with Gasteiger partial charge in [0.1, 0.15) is 5.75 Å². The van der Waals surface area contributed by atoms with E-state index in [1.165, 1.54) is 25.4 Å². The SMILES string of the molecule is CCN(C)/C=N/c1cc(C)c(OCC(F)(F)C(F)(F)C(F)(F)C(C)(F)F)cc1C. The Balaban J connectivity index is 3.08. The van der Waals surface area contributed by atoms with Crippen molar-refractivity contribution < 1.29 is 39.9 Å². The van der Waals surface area contributed by atoms with Crippen molar-refractivity contribution in [2.24, 2.45) is 4.99 Å². The van der Waals surface area contributed by atoms with Crippen molar-refractivity contribution in [1.82, 2.24) is 4.90 Å². The summed E-state index contributed by atoms with van der Waals surface area (Å²) in [6, 6.07) is 2.64.